The number of carbonyl (C=O) groups excluding carboxylic acids is 1. The number of thioether (sulfide) groups is 1. The van der Waals surface area contributed by atoms with Crippen molar-refractivity contribution in [3.05, 3.63) is 30.1 Å². The van der Waals surface area contributed by atoms with Gasteiger partial charge in [-0.1, -0.05) is 12.1 Å². The summed E-state index contributed by atoms with van der Waals surface area (Å²) >= 11 is 1.41. The van der Waals surface area contributed by atoms with E-state index in [4.69, 9.17) is 0 Å². The molecule has 1 amide bonds. The van der Waals surface area contributed by atoms with Crippen molar-refractivity contribution < 1.29 is 17.6 Å². The van der Waals surface area contributed by atoms with E-state index in [1.807, 2.05) is 11.9 Å². The monoisotopic (exact) mass is 374 g/mol. The lowest BCUT2D eigenvalue weighted by molar-refractivity contribution is -0.118. The fourth-order valence-electron chi connectivity index (χ4n) is 2.56. The lowest BCUT2D eigenvalue weighted by Gasteiger charge is -2.19. The number of para-hydroxylation sites is 1. The van der Waals surface area contributed by atoms with Gasteiger partial charge < -0.3 is 10.2 Å². The summed E-state index contributed by atoms with van der Waals surface area (Å²) in [4.78, 5) is 13.6. The minimum absolute atomic E-state index is 0.0351. The quantitative estimate of drug-likeness (QED) is 0.702. The van der Waals surface area contributed by atoms with E-state index < -0.39 is 9.84 Å². The van der Waals surface area contributed by atoms with E-state index in [1.165, 1.54) is 17.8 Å². The molecule has 5 nitrogen and oxygen atoms in total. The highest BCUT2D eigenvalue weighted by molar-refractivity contribution is 8.02. The number of hydrogen-bond donors (Lipinski definition) is 1. The third kappa shape index (κ3) is 5.98. The van der Waals surface area contributed by atoms with E-state index in [0.29, 0.717) is 31.6 Å². The van der Waals surface area contributed by atoms with Crippen molar-refractivity contribution in [1.29, 1.82) is 0 Å². The molecule has 24 heavy (non-hydrogen) atoms. The summed E-state index contributed by atoms with van der Waals surface area (Å²) in [6.07, 6.45) is 1.34. The number of amides is 1. The van der Waals surface area contributed by atoms with Crippen LogP contribution in [0.15, 0.2) is 24.3 Å². The number of anilines is 1. The second kappa shape index (κ2) is 8.71. The van der Waals surface area contributed by atoms with Crippen LogP contribution in [0.5, 0.6) is 0 Å². The number of nitrogens with one attached hydrogen (secondary N) is 1. The largest absolute Gasteiger partial charge is 0.372 e. The van der Waals surface area contributed by atoms with Crippen molar-refractivity contribution in [1.82, 2.24) is 5.32 Å². The summed E-state index contributed by atoms with van der Waals surface area (Å²) in [6, 6.07) is 6.59. The summed E-state index contributed by atoms with van der Waals surface area (Å²) in [7, 11) is -1.08. The van der Waals surface area contributed by atoms with E-state index in [0.717, 1.165) is 0 Å². The third-order valence-corrected chi connectivity index (χ3v) is 7.18. The fraction of sp³-hybridized carbons (Fsp3) is 0.562. The maximum Gasteiger partial charge on any atom is 0.230 e. The molecular formula is C16H23FN2O3S2. The molecular weight excluding hydrogens is 351 g/mol. The average Bonchev–Trinajstić information content (AvgIpc) is 2.89. The number of benzene rings is 1. The molecule has 0 saturated carbocycles. The Hall–Kier alpha value is -1.28. The molecule has 1 aromatic rings. The van der Waals surface area contributed by atoms with E-state index in [2.05, 4.69) is 5.32 Å². The Morgan fingerprint density at radius 3 is 2.83 bits per heavy atom. The Bertz CT molecular complexity index is 667. The first-order valence-electron chi connectivity index (χ1n) is 7.92. The van der Waals surface area contributed by atoms with Crippen molar-refractivity contribution in [2.24, 2.45) is 0 Å². The van der Waals surface area contributed by atoms with Gasteiger partial charge in [-0.05, 0) is 25.0 Å². The molecule has 0 bridgehead atoms. The Balaban J connectivity index is 1.60. The lowest BCUT2D eigenvalue weighted by atomic mass is 10.2. The number of hydrogen-bond acceptors (Lipinski definition) is 5. The van der Waals surface area contributed by atoms with Gasteiger partial charge in [0.2, 0.25) is 5.91 Å². The van der Waals surface area contributed by atoms with Gasteiger partial charge in [-0.25, -0.2) is 12.8 Å². The van der Waals surface area contributed by atoms with Crippen molar-refractivity contribution in [3.8, 4) is 0 Å². The van der Waals surface area contributed by atoms with E-state index >= 15 is 0 Å². The van der Waals surface area contributed by atoms with Gasteiger partial charge in [0.05, 0.1) is 22.9 Å². The van der Waals surface area contributed by atoms with Crippen molar-refractivity contribution in [2.75, 3.05) is 42.3 Å². The maximum absolute atomic E-state index is 13.6. The molecule has 1 aliphatic heterocycles. The zero-order valence-electron chi connectivity index (χ0n) is 13.7. The van der Waals surface area contributed by atoms with Crippen LogP contribution in [0, 0.1) is 5.82 Å². The number of halogens is 1. The summed E-state index contributed by atoms with van der Waals surface area (Å²) in [6.45, 7) is 1.15. The molecule has 1 N–H and O–H groups in total. The summed E-state index contributed by atoms with van der Waals surface area (Å²) in [5.41, 5.74) is 0.543. The molecule has 134 valence electrons. The smallest absolute Gasteiger partial charge is 0.230 e. The van der Waals surface area contributed by atoms with Gasteiger partial charge >= 0.3 is 0 Å². The zero-order valence-corrected chi connectivity index (χ0v) is 15.3. The van der Waals surface area contributed by atoms with Gasteiger partial charge in [0.1, 0.15) is 5.82 Å². The van der Waals surface area contributed by atoms with Crippen LogP contribution in [-0.2, 0) is 14.6 Å². The van der Waals surface area contributed by atoms with Crippen LogP contribution < -0.4 is 10.2 Å². The molecule has 0 spiro atoms. The zero-order chi connectivity index (χ0) is 17.6. The summed E-state index contributed by atoms with van der Waals surface area (Å²) in [5, 5.41) is 2.85. The third-order valence-electron chi connectivity index (χ3n) is 3.90. The van der Waals surface area contributed by atoms with Crippen LogP contribution in [0.4, 0.5) is 10.1 Å². The Labute approximate surface area is 146 Å². The van der Waals surface area contributed by atoms with Gasteiger partial charge in [0.25, 0.3) is 0 Å². The van der Waals surface area contributed by atoms with Gasteiger partial charge in [-0.3, -0.25) is 4.79 Å². The Morgan fingerprint density at radius 1 is 1.42 bits per heavy atom. The first kappa shape index (κ1) is 19.1. The van der Waals surface area contributed by atoms with Gasteiger partial charge in [0.15, 0.2) is 9.84 Å². The highest BCUT2D eigenvalue weighted by Crippen LogP contribution is 2.24. The van der Waals surface area contributed by atoms with Crippen LogP contribution in [-0.4, -0.2) is 57.0 Å². The minimum Gasteiger partial charge on any atom is -0.372 e. The van der Waals surface area contributed by atoms with Gasteiger partial charge in [-0.15, -0.1) is 11.8 Å². The Kier molecular flexibility index (Phi) is 6.91. The van der Waals surface area contributed by atoms with E-state index in [-0.39, 0.29) is 34.2 Å². The molecule has 0 aromatic heterocycles. The minimum atomic E-state index is -2.89. The highest BCUT2D eigenvalue weighted by atomic mass is 32.2. The van der Waals surface area contributed by atoms with Crippen LogP contribution in [0.2, 0.25) is 0 Å². The maximum atomic E-state index is 13.6. The van der Waals surface area contributed by atoms with Crippen molar-refractivity contribution in [2.45, 2.75) is 18.1 Å². The molecule has 0 radical (unpaired) electrons. The van der Waals surface area contributed by atoms with Crippen LogP contribution in [0.1, 0.15) is 12.8 Å². The number of nitrogens with zero attached hydrogens (tertiary/aromatic N) is 1. The molecule has 0 unspecified atom stereocenters. The molecule has 1 saturated heterocycles. The predicted octanol–water partition coefficient (Wildman–Crippen LogP) is 1.69. The molecule has 1 heterocycles. The number of sulfone groups is 1. The summed E-state index contributed by atoms with van der Waals surface area (Å²) < 4.78 is 36.3. The molecule has 0 aliphatic carbocycles. The molecule has 1 aliphatic rings. The highest BCUT2D eigenvalue weighted by Gasteiger charge is 2.28. The van der Waals surface area contributed by atoms with Crippen molar-refractivity contribution in [3.63, 3.8) is 0 Å². The first-order chi connectivity index (χ1) is 11.4. The Morgan fingerprint density at radius 2 is 2.17 bits per heavy atom. The average molecular weight is 375 g/mol. The second-order valence-corrected chi connectivity index (χ2v) is 9.43. The van der Waals surface area contributed by atoms with Crippen LogP contribution in [0.3, 0.4) is 0 Å². The fourth-order valence-corrected chi connectivity index (χ4v) is 6.04. The summed E-state index contributed by atoms with van der Waals surface area (Å²) in [5.74, 6) is 0.348. The standard InChI is InChI=1S/C16H23FN2O3S2/c1-19(15-6-3-2-5-14(15)17)9-4-8-18-16(20)11-23-13-7-10-24(21,22)12-13/h2-3,5-6,13H,4,7-12H2,1H3,(H,18,20)/t13-/m0/s1. The molecule has 1 atom stereocenters. The van der Waals surface area contributed by atoms with Crippen molar-refractivity contribution >= 4 is 33.2 Å². The lowest BCUT2D eigenvalue weighted by Crippen LogP contribution is -2.30. The number of carbonyl (C=O) groups is 1. The first-order valence-corrected chi connectivity index (χ1v) is 10.8. The molecule has 8 heteroatoms. The topological polar surface area (TPSA) is 66.5 Å². The van der Waals surface area contributed by atoms with E-state index in [9.17, 15) is 17.6 Å². The SMILES string of the molecule is CN(CCCNC(=O)CS[C@H]1CCS(=O)(=O)C1)c1ccccc1F. The molecule has 2 rings (SSSR count). The van der Waals surface area contributed by atoms with Gasteiger partial charge in [0, 0.05) is 25.4 Å². The van der Waals surface area contributed by atoms with Gasteiger partial charge in [-0.2, -0.15) is 0 Å². The molecule has 1 fully saturated rings. The predicted molar refractivity (Wildman–Crippen MR) is 96.8 cm³/mol. The second-order valence-electron chi connectivity index (χ2n) is 5.91. The molecule has 1 aromatic carbocycles. The normalized spacial score (nSPS) is 19.2. The van der Waals surface area contributed by atoms with Crippen LogP contribution >= 0.6 is 11.8 Å². The van der Waals surface area contributed by atoms with E-state index in [1.54, 1.807) is 18.2 Å². The number of rotatable bonds is 8. The van der Waals surface area contributed by atoms with Crippen LogP contribution in [0.25, 0.3) is 0 Å².